The molecular formula is C19H23N3O3. The van der Waals surface area contributed by atoms with Crippen molar-refractivity contribution in [2.24, 2.45) is 5.92 Å². The fraction of sp³-hybridized carbons (Fsp3) is 0.474. The number of nitrogens with zero attached hydrogens (tertiary/aromatic N) is 2. The van der Waals surface area contributed by atoms with Gasteiger partial charge in [-0.05, 0) is 50.9 Å². The van der Waals surface area contributed by atoms with Crippen LogP contribution in [0.2, 0.25) is 0 Å². The molecule has 6 nitrogen and oxygen atoms in total. The summed E-state index contributed by atoms with van der Waals surface area (Å²) in [6.45, 7) is 4.45. The van der Waals surface area contributed by atoms with Gasteiger partial charge in [0.1, 0.15) is 5.75 Å². The van der Waals surface area contributed by atoms with E-state index in [2.05, 4.69) is 22.1 Å². The van der Waals surface area contributed by atoms with Crippen LogP contribution in [0.1, 0.15) is 30.5 Å². The molecule has 3 aliphatic heterocycles. The number of ether oxygens (including phenoxy) is 1. The Bertz CT molecular complexity index is 763. The summed E-state index contributed by atoms with van der Waals surface area (Å²) in [5.41, 5.74) is 0.785. The molecule has 25 heavy (non-hydrogen) atoms. The van der Waals surface area contributed by atoms with Crippen LogP contribution in [-0.4, -0.2) is 48.1 Å². The van der Waals surface area contributed by atoms with Gasteiger partial charge in [0.25, 0.3) is 5.89 Å². The maximum absolute atomic E-state index is 12.6. The van der Waals surface area contributed by atoms with Crippen LogP contribution >= 0.6 is 0 Å². The van der Waals surface area contributed by atoms with Gasteiger partial charge in [0.15, 0.2) is 5.76 Å². The number of para-hydroxylation sites is 1. The van der Waals surface area contributed by atoms with E-state index in [1.807, 2.05) is 24.3 Å². The van der Waals surface area contributed by atoms with Crippen molar-refractivity contribution in [3.05, 3.63) is 36.4 Å². The third-order valence-electron chi connectivity index (χ3n) is 5.55. The average molecular weight is 341 g/mol. The van der Waals surface area contributed by atoms with Crippen LogP contribution in [0.3, 0.4) is 0 Å². The van der Waals surface area contributed by atoms with E-state index in [9.17, 15) is 4.79 Å². The molecule has 2 bridgehead atoms. The fourth-order valence-corrected chi connectivity index (χ4v) is 4.11. The van der Waals surface area contributed by atoms with Gasteiger partial charge in [-0.3, -0.25) is 9.69 Å². The molecule has 0 spiro atoms. The van der Waals surface area contributed by atoms with E-state index in [-0.39, 0.29) is 17.8 Å². The molecule has 6 heteroatoms. The van der Waals surface area contributed by atoms with Crippen molar-refractivity contribution in [3.63, 3.8) is 0 Å². The quantitative estimate of drug-likeness (QED) is 0.926. The van der Waals surface area contributed by atoms with Crippen molar-refractivity contribution >= 4 is 5.91 Å². The molecule has 2 unspecified atom stereocenters. The van der Waals surface area contributed by atoms with E-state index in [0.717, 1.165) is 31.5 Å². The van der Waals surface area contributed by atoms with E-state index in [1.165, 1.54) is 0 Å². The van der Waals surface area contributed by atoms with Gasteiger partial charge in [-0.25, -0.2) is 4.98 Å². The van der Waals surface area contributed by atoms with Crippen molar-refractivity contribution in [2.45, 2.75) is 31.8 Å². The summed E-state index contributed by atoms with van der Waals surface area (Å²) in [6.07, 6.45) is 3.87. The Balaban J connectivity index is 1.51. The molecule has 5 rings (SSSR count). The van der Waals surface area contributed by atoms with Crippen molar-refractivity contribution < 1.29 is 13.9 Å². The monoisotopic (exact) mass is 341 g/mol. The molecule has 0 saturated carbocycles. The number of benzene rings is 1. The Labute approximate surface area is 147 Å². The van der Waals surface area contributed by atoms with Gasteiger partial charge in [-0.1, -0.05) is 12.1 Å². The number of piperidine rings is 3. The first kappa shape index (κ1) is 16.1. The molecule has 1 aromatic carbocycles. The highest BCUT2D eigenvalue weighted by atomic mass is 16.5. The van der Waals surface area contributed by atoms with Gasteiger partial charge in [-0.15, -0.1) is 0 Å². The highest BCUT2D eigenvalue weighted by Gasteiger charge is 2.40. The molecule has 0 radical (unpaired) electrons. The summed E-state index contributed by atoms with van der Waals surface area (Å²) >= 11 is 0. The number of amides is 1. The molecule has 1 aromatic heterocycles. The lowest BCUT2D eigenvalue weighted by atomic mass is 9.79. The predicted octanol–water partition coefficient (Wildman–Crippen LogP) is 2.56. The zero-order valence-electron chi connectivity index (χ0n) is 14.6. The minimum absolute atomic E-state index is 0.101. The molecule has 0 aliphatic carbocycles. The number of fused-ring (bicyclic) bond motifs is 3. The lowest BCUT2D eigenvalue weighted by Gasteiger charge is -2.49. The van der Waals surface area contributed by atoms with Crippen LogP contribution in [0.4, 0.5) is 0 Å². The van der Waals surface area contributed by atoms with E-state index in [0.29, 0.717) is 23.5 Å². The Morgan fingerprint density at radius 2 is 2.08 bits per heavy atom. The maximum Gasteiger partial charge on any atom is 0.307 e. The third-order valence-corrected chi connectivity index (χ3v) is 5.55. The van der Waals surface area contributed by atoms with E-state index in [4.69, 9.17) is 9.15 Å². The first-order valence-electron chi connectivity index (χ1n) is 8.81. The second-order valence-corrected chi connectivity index (χ2v) is 6.84. The SMILES string of the molecule is COc1ccccc1-c1cnc(C(=O)NC2C3CCN(CC3)C2C)o1. The summed E-state index contributed by atoms with van der Waals surface area (Å²) in [4.78, 5) is 19.2. The van der Waals surface area contributed by atoms with Crippen LogP contribution in [0.5, 0.6) is 5.75 Å². The fourth-order valence-electron chi connectivity index (χ4n) is 4.11. The van der Waals surface area contributed by atoms with Crippen molar-refractivity contribution in [1.29, 1.82) is 0 Å². The molecule has 4 heterocycles. The maximum atomic E-state index is 12.6. The Morgan fingerprint density at radius 1 is 1.32 bits per heavy atom. The number of hydrogen-bond donors (Lipinski definition) is 1. The Hall–Kier alpha value is -2.34. The molecule has 3 saturated heterocycles. The topological polar surface area (TPSA) is 67.6 Å². The summed E-state index contributed by atoms with van der Waals surface area (Å²) in [6, 6.07) is 8.05. The zero-order valence-corrected chi connectivity index (χ0v) is 14.6. The molecule has 2 aromatic rings. The Kier molecular flexibility index (Phi) is 4.21. The van der Waals surface area contributed by atoms with Gasteiger partial charge >= 0.3 is 5.91 Å². The lowest BCUT2D eigenvalue weighted by Crippen LogP contribution is -2.62. The number of carbonyl (C=O) groups excluding carboxylic acids is 1. The molecule has 3 fully saturated rings. The summed E-state index contributed by atoms with van der Waals surface area (Å²) < 4.78 is 11.1. The molecule has 2 atom stereocenters. The Morgan fingerprint density at radius 3 is 2.80 bits per heavy atom. The van der Waals surface area contributed by atoms with Crippen molar-refractivity contribution in [3.8, 4) is 17.1 Å². The van der Waals surface area contributed by atoms with Crippen LogP contribution in [-0.2, 0) is 0 Å². The highest BCUT2D eigenvalue weighted by Crippen LogP contribution is 2.33. The zero-order chi connectivity index (χ0) is 17.4. The minimum atomic E-state index is -0.244. The first-order chi connectivity index (χ1) is 12.2. The number of aromatic nitrogens is 1. The second-order valence-electron chi connectivity index (χ2n) is 6.84. The molecular weight excluding hydrogens is 318 g/mol. The predicted molar refractivity (Wildman–Crippen MR) is 93.5 cm³/mol. The van der Waals surface area contributed by atoms with E-state index >= 15 is 0 Å². The van der Waals surface area contributed by atoms with Gasteiger partial charge in [0, 0.05) is 12.1 Å². The van der Waals surface area contributed by atoms with Crippen LogP contribution in [0, 0.1) is 5.92 Å². The van der Waals surface area contributed by atoms with Crippen molar-refractivity contribution in [2.75, 3.05) is 20.2 Å². The number of oxazole rings is 1. The minimum Gasteiger partial charge on any atom is -0.496 e. The molecule has 1 amide bonds. The molecule has 3 aliphatic rings. The van der Waals surface area contributed by atoms with E-state index < -0.39 is 0 Å². The van der Waals surface area contributed by atoms with E-state index in [1.54, 1.807) is 13.3 Å². The largest absolute Gasteiger partial charge is 0.496 e. The first-order valence-corrected chi connectivity index (χ1v) is 8.81. The number of nitrogens with one attached hydrogen (secondary N) is 1. The lowest BCUT2D eigenvalue weighted by molar-refractivity contribution is 0.0210. The molecule has 132 valence electrons. The summed E-state index contributed by atoms with van der Waals surface area (Å²) in [5, 5.41) is 3.14. The number of rotatable bonds is 4. The summed E-state index contributed by atoms with van der Waals surface area (Å²) in [5.74, 6) is 1.63. The van der Waals surface area contributed by atoms with Gasteiger partial charge in [0.05, 0.1) is 18.9 Å². The normalized spacial score (nSPS) is 27.9. The standard InChI is InChI=1S/C19H23N3O3/c1-12-17(13-7-9-22(12)10-8-13)21-18(23)19-20-11-16(25-19)14-5-3-4-6-15(14)24-2/h3-6,11-13,17H,7-10H2,1-2H3,(H,21,23). The van der Waals surface area contributed by atoms with Crippen LogP contribution in [0.15, 0.2) is 34.9 Å². The number of hydrogen-bond acceptors (Lipinski definition) is 5. The number of methoxy groups -OCH3 is 1. The van der Waals surface area contributed by atoms with Gasteiger partial charge in [-0.2, -0.15) is 0 Å². The van der Waals surface area contributed by atoms with Gasteiger partial charge in [0.2, 0.25) is 0 Å². The summed E-state index contributed by atoms with van der Waals surface area (Å²) in [7, 11) is 1.61. The average Bonchev–Trinajstić information content (AvgIpc) is 3.15. The van der Waals surface area contributed by atoms with Crippen molar-refractivity contribution in [1.82, 2.24) is 15.2 Å². The van der Waals surface area contributed by atoms with Crippen LogP contribution in [0.25, 0.3) is 11.3 Å². The third kappa shape index (κ3) is 2.91. The van der Waals surface area contributed by atoms with Crippen LogP contribution < -0.4 is 10.1 Å². The van der Waals surface area contributed by atoms with Gasteiger partial charge < -0.3 is 14.5 Å². The highest BCUT2D eigenvalue weighted by molar-refractivity contribution is 5.90. The smallest absolute Gasteiger partial charge is 0.307 e. The molecule has 1 N–H and O–H groups in total. The second kappa shape index (κ2) is 6.52. The number of carbonyl (C=O) groups is 1.